The predicted molar refractivity (Wildman–Crippen MR) is 79.3 cm³/mol. The van der Waals surface area contributed by atoms with Gasteiger partial charge in [-0.2, -0.15) is 5.10 Å². The highest BCUT2D eigenvalue weighted by Gasteiger charge is 2.42. The number of carbonyl (C=O) groups is 1. The lowest BCUT2D eigenvalue weighted by Gasteiger charge is -2.24. The van der Waals surface area contributed by atoms with Crippen LogP contribution in [0.5, 0.6) is 0 Å². The zero-order valence-electron chi connectivity index (χ0n) is 12.8. The molecule has 1 N–H and O–H groups in total. The monoisotopic (exact) mass is 315 g/mol. The van der Waals surface area contributed by atoms with Crippen molar-refractivity contribution in [1.29, 1.82) is 0 Å². The van der Waals surface area contributed by atoms with Gasteiger partial charge in [-0.1, -0.05) is 0 Å². The van der Waals surface area contributed by atoms with Crippen LogP contribution in [0, 0.1) is 13.8 Å². The first-order valence-electron chi connectivity index (χ1n) is 6.89. The average Bonchev–Trinajstić information content (AvgIpc) is 2.81. The van der Waals surface area contributed by atoms with Gasteiger partial charge in [0.1, 0.15) is 0 Å². The summed E-state index contributed by atoms with van der Waals surface area (Å²) in [7, 11) is -3.03. The van der Waals surface area contributed by atoms with Gasteiger partial charge >= 0.3 is 6.09 Å². The van der Waals surface area contributed by atoms with E-state index in [4.69, 9.17) is 4.74 Å². The van der Waals surface area contributed by atoms with Crippen LogP contribution in [0.4, 0.5) is 10.5 Å². The highest BCUT2D eigenvalue weighted by Crippen LogP contribution is 2.34. The molecule has 118 valence electrons. The van der Waals surface area contributed by atoms with Crippen molar-refractivity contribution < 1.29 is 17.9 Å². The predicted octanol–water partition coefficient (Wildman–Crippen LogP) is 1.60. The first-order valence-corrected chi connectivity index (χ1v) is 8.71. The molecule has 0 aromatic carbocycles. The molecule has 0 unspecified atom stereocenters. The standard InChI is InChI=1S/C13H21N3O4S/c1-5-20-12(17)14-11-9(2)15-16(10(11)3)13(4)6-7-21(18,19)8-13/h5-8H2,1-4H3,(H,14,17)/t13-/m0/s1. The largest absolute Gasteiger partial charge is 0.450 e. The van der Waals surface area contributed by atoms with Gasteiger partial charge in [-0.25, -0.2) is 13.2 Å². The molecule has 1 aromatic rings. The maximum atomic E-state index is 11.8. The molecule has 1 aromatic heterocycles. The summed E-state index contributed by atoms with van der Waals surface area (Å²) in [5.74, 6) is 0.239. The third-order valence-corrected chi connectivity index (χ3v) is 5.68. The molecule has 21 heavy (non-hydrogen) atoms. The highest BCUT2D eigenvalue weighted by atomic mass is 32.2. The Morgan fingerprint density at radius 1 is 1.48 bits per heavy atom. The van der Waals surface area contributed by atoms with Crippen molar-refractivity contribution in [2.45, 2.75) is 39.7 Å². The number of anilines is 1. The van der Waals surface area contributed by atoms with Gasteiger partial charge in [0.25, 0.3) is 0 Å². The molecule has 1 amide bonds. The molecule has 2 heterocycles. The Morgan fingerprint density at radius 3 is 2.67 bits per heavy atom. The number of aromatic nitrogens is 2. The molecule has 0 spiro atoms. The Kier molecular flexibility index (Phi) is 4.01. The van der Waals surface area contributed by atoms with Crippen LogP contribution in [-0.2, 0) is 20.1 Å². The van der Waals surface area contributed by atoms with E-state index in [2.05, 4.69) is 10.4 Å². The van der Waals surface area contributed by atoms with E-state index in [-0.39, 0.29) is 18.1 Å². The van der Waals surface area contributed by atoms with Gasteiger partial charge in [-0.3, -0.25) is 10.00 Å². The van der Waals surface area contributed by atoms with Gasteiger partial charge in [0.15, 0.2) is 9.84 Å². The first kappa shape index (κ1) is 15.8. The number of sulfone groups is 1. The molecule has 7 nitrogen and oxygen atoms in total. The summed E-state index contributed by atoms with van der Waals surface area (Å²) < 4.78 is 30.1. The summed E-state index contributed by atoms with van der Waals surface area (Å²) in [5, 5.41) is 7.09. The molecule has 1 fully saturated rings. The normalized spacial score (nSPS) is 24.0. The summed E-state index contributed by atoms with van der Waals surface area (Å²) in [6.07, 6.45) is -0.0108. The number of carbonyl (C=O) groups excluding carboxylic acids is 1. The van der Waals surface area contributed by atoms with E-state index in [1.807, 2.05) is 13.8 Å². The fourth-order valence-electron chi connectivity index (χ4n) is 2.78. The molecule has 1 aliphatic heterocycles. The molecule has 0 aliphatic carbocycles. The fraction of sp³-hybridized carbons (Fsp3) is 0.692. The van der Waals surface area contributed by atoms with Crippen molar-refractivity contribution in [3.63, 3.8) is 0 Å². The quantitative estimate of drug-likeness (QED) is 0.915. The number of ether oxygens (including phenoxy) is 1. The van der Waals surface area contributed by atoms with E-state index < -0.39 is 21.5 Å². The molecule has 8 heteroatoms. The Morgan fingerprint density at radius 2 is 2.14 bits per heavy atom. The Hall–Kier alpha value is -1.57. The Labute approximate surface area is 124 Å². The molecule has 1 atom stereocenters. The van der Waals surface area contributed by atoms with E-state index in [1.165, 1.54) is 0 Å². The van der Waals surface area contributed by atoms with Gasteiger partial charge in [0, 0.05) is 0 Å². The van der Waals surface area contributed by atoms with E-state index in [9.17, 15) is 13.2 Å². The minimum atomic E-state index is -3.03. The van der Waals surface area contributed by atoms with E-state index in [0.29, 0.717) is 17.8 Å². The summed E-state index contributed by atoms with van der Waals surface area (Å²) >= 11 is 0. The smallest absolute Gasteiger partial charge is 0.411 e. The van der Waals surface area contributed by atoms with Gasteiger partial charge in [-0.15, -0.1) is 0 Å². The second kappa shape index (κ2) is 5.32. The summed E-state index contributed by atoms with van der Waals surface area (Å²) in [6.45, 7) is 7.49. The van der Waals surface area contributed by atoms with E-state index in [0.717, 1.165) is 5.69 Å². The number of nitrogens with one attached hydrogen (secondary N) is 1. The van der Waals surface area contributed by atoms with Gasteiger partial charge in [0.2, 0.25) is 0 Å². The fourth-order valence-corrected chi connectivity index (χ4v) is 4.89. The number of nitrogens with zero attached hydrogens (tertiary/aromatic N) is 2. The summed E-state index contributed by atoms with van der Waals surface area (Å²) in [5.41, 5.74) is 1.40. The Balaban J connectivity index is 2.33. The maximum Gasteiger partial charge on any atom is 0.411 e. The lowest BCUT2D eigenvalue weighted by molar-refractivity contribution is 0.168. The van der Waals surface area contributed by atoms with Gasteiger partial charge in [0.05, 0.1) is 40.7 Å². The molecule has 2 rings (SSSR count). The van der Waals surface area contributed by atoms with Crippen LogP contribution < -0.4 is 5.32 Å². The number of amides is 1. The summed E-state index contributed by atoms with van der Waals surface area (Å²) in [4.78, 5) is 11.6. The molecular weight excluding hydrogens is 294 g/mol. The van der Waals surface area contributed by atoms with E-state index >= 15 is 0 Å². The first-order chi connectivity index (χ1) is 9.68. The van der Waals surface area contributed by atoms with Crippen LogP contribution >= 0.6 is 0 Å². The topological polar surface area (TPSA) is 90.3 Å². The van der Waals surface area contributed by atoms with Crippen molar-refractivity contribution in [1.82, 2.24) is 9.78 Å². The lowest BCUT2D eigenvalue weighted by Crippen LogP contribution is -2.33. The SMILES string of the molecule is CCOC(=O)Nc1c(C)nn([C@@]2(C)CCS(=O)(=O)C2)c1C. The third kappa shape index (κ3) is 3.04. The van der Waals surface area contributed by atoms with Gasteiger partial charge in [-0.05, 0) is 34.1 Å². The van der Waals surface area contributed by atoms with Crippen molar-refractivity contribution >= 4 is 21.6 Å². The number of aryl methyl sites for hydroxylation is 1. The highest BCUT2D eigenvalue weighted by molar-refractivity contribution is 7.91. The molecule has 0 saturated carbocycles. The number of hydrogen-bond acceptors (Lipinski definition) is 5. The molecule has 1 aliphatic rings. The van der Waals surface area contributed by atoms with Crippen LogP contribution in [0.2, 0.25) is 0 Å². The summed E-state index contributed by atoms with van der Waals surface area (Å²) in [6, 6.07) is 0. The van der Waals surface area contributed by atoms with E-state index in [1.54, 1.807) is 18.5 Å². The third-order valence-electron chi connectivity index (χ3n) is 3.79. The van der Waals surface area contributed by atoms with Crippen LogP contribution in [0.15, 0.2) is 0 Å². The second-order valence-electron chi connectivity index (χ2n) is 5.64. The second-order valence-corrected chi connectivity index (χ2v) is 7.83. The lowest BCUT2D eigenvalue weighted by atomic mass is 10.0. The minimum Gasteiger partial charge on any atom is -0.450 e. The van der Waals surface area contributed by atoms with Crippen LogP contribution in [0.25, 0.3) is 0 Å². The van der Waals surface area contributed by atoms with Crippen LogP contribution in [0.3, 0.4) is 0 Å². The Bertz CT molecular complexity index is 665. The van der Waals surface area contributed by atoms with Gasteiger partial charge < -0.3 is 4.74 Å². The average molecular weight is 315 g/mol. The van der Waals surface area contributed by atoms with Crippen molar-refractivity contribution in [3.05, 3.63) is 11.4 Å². The minimum absolute atomic E-state index is 0.0702. The van der Waals surface area contributed by atoms with Crippen LogP contribution in [-0.4, -0.2) is 42.4 Å². The molecule has 0 bridgehead atoms. The number of hydrogen-bond donors (Lipinski definition) is 1. The van der Waals surface area contributed by atoms with Crippen molar-refractivity contribution in [3.8, 4) is 0 Å². The maximum absolute atomic E-state index is 11.8. The van der Waals surface area contributed by atoms with Crippen molar-refractivity contribution in [2.24, 2.45) is 0 Å². The zero-order valence-corrected chi connectivity index (χ0v) is 13.6. The molecule has 0 radical (unpaired) electrons. The zero-order chi connectivity index (χ0) is 15.8. The number of rotatable bonds is 3. The molecular formula is C13H21N3O4S. The van der Waals surface area contributed by atoms with Crippen molar-refractivity contribution in [2.75, 3.05) is 23.4 Å². The van der Waals surface area contributed by atoms with Crippen LogP contribution in [0.1, 0.15) is 31.7 Å². The molecule has 1 saturated heterocycles.